The highest BCUT2D eigenvalue weighted by molar-refractivity contribution is 7.16. The Morgan fingerprint density at radius 2 is 2.00 bits per heavy atom. The number of hydrogen-bond donors (Lipinski definition) is 0. The van der Waals surface area contributed by atoms with Gasteiger partial charge in [0.15, 0.2) is 4.80 Å². The lowest BCUT2D eigenvalue weighted by Crippen LogP contribution is -2.19. The molecule has 0 aliphatic heterocycles. The van der Waals surface area contributed by atoms with Crippen LogP contribution < -0.4 is 9.54 Å². The van der Waals surface area contributed by atoms with E-state index in [0.29, 0.717) is 29.1 Å². The molecule has 0 aliphatic rings. The first-order valence-electron chi connectivity index (χ1n) is 7.92. The first-order valence-corrected chi connectivity index (χ1v) is 8.74. The van der Waals surface area contributed by atoms with Crippen molar-refractivity contribution in [3.05, 3.63) is 58.4 Å². The summed E-state index contributed by atoms with van der Waals surface area (Å²) in [6.07, 6.45) is 0. The van der Waals surface area contributed by atoms with Gasteiger partial charge < -0.3 is 14.0 Å². The number of rotatable bonds is 5. The third-order valence-corrected chi connectivity index (χ3v) is 4.90. The maximum absolute atomic E-state index is 12.6. The Labute approximate surface area is 154 Å². The Hall–Kier alpha value is -2.95. The minimum absolute atomic E-state index is 0.355. The van der Waals surface area contributed by atoms with Gasteiger partial charge in [-0.15, -0.1) is 0 Å². The van der Waals surface area contributed by atoms with Gasteiger partial charge in [-0.05, 0) is 36.4 Å². The molecule has 6 nitrogen and oxygen atoms in total. The standard InChI is InChI=1S/C19H17N3O3S/c1-24-11-10-22-17-15(25-2)4-3-5-16(17)26-19(22)21-18(23)14-8-6-13(12-20)7-9-14/h3-9H,10-11H2,1-2H3. The molecule has 132 valence electrons. The predicted molar refractivity (Wildman–Crippen MR) is 99.3 cm³/mol. The van der Waals surface area contributed by atoms with E-state index >= 15 is 0 Å². The van der Waals surface area contributed by atoms with Gasteiger partial charge in [-0.1, -0.05) is 17.4 Å². The second-order valence-corrected chi connectivity index (χ2v) is 6.45. The van der Waals surface area contributed by atoms with Crippen molar-refractivity contribution in [1.82, 2.24) is 4.57 Å². The molecule has 0 aliphatic carbocycles. The molecular weight excluding hydrogens is 350 g/mol. The monoisotopic (exact) mass is 367 g/mol. The number of nitrogens with zero attached hydrogens (tertiary/aromatic N) is 3. The second-order valence-electron chi connectivity index (χ2n) is 5.44. The van der Waals surface area contributed by atoms with E-state index in [9.17, 15) is 4.79 Å². The molecule has 0 atom stereocenters. The molecular formula is C19H17N3O3S. The number of amides is 1. The van der Waals surface area contributed by atoms with Gasteiger partial charge in [-0.2, -0.15) is 10.3 Å². The van der Waals surface area contributed by atoms with Crippen LogP contribution in [0.5, 0.6) is 5.75 Å². The van der Waals surface area contributed by atoms with Gasteiger partial charge in [0, 0.05) is 19.2 Å². The highest BCUT2D eigenvalue weighted by Gasteiger charge is 2.13. The number of carbonyl (C=O) groups is 1. The van der Waals surface area contributed by atoms with Crippen molar-refractivity contribution in [3.8, 4) is 11.8 Å². The average Bonchev–Trinajstić information content (AvgIpc) is 3.03. The zero-order chi connectivity index (χ0) is 18.5. The molecule has 0 saturated carbocycles. The number of hydrogen-bond acceptors (Lipinski definition) is 5. The van der Waals surface area contributed by atoms with E-state index in [0.717, 1.165) is 16.0 Å². The van der Waals surface area contributed by atoms with Crippen LogP contribution in [0.4, 0.5) is 0 Å². The summed E-state index contributed by atoms with van der Waals surface area (Å²) in [5.41, 5.74) is 1.83. The highest BCUT2D eigenvalue weighted by Crippen LogP contribution is 2.27. The van der Waals surface area contributed by atoms with Gasteiger partial charge in [0.05, 0.1) is 30.0 Å². The molecule has 0 unspecified atom stereocenters. The number of para-hydroxylation sites is 1. The second kappa shape index (κ2) is 7.95. The number of aromatic nitrogens is 1. The molecule has 3 rings (SSSR count). The molecule has 1 aromatic heterocycles. The molecule has 1 amide bonds. The fourth-order valence-electron chi connectivity index (χ4n) is 2.58. The van der Waals surface area contributed by atoms with Gasteiger partial charge in [0.1, 0.15) is 11.3 Å². The van der Waals surface area contributed by atoms with Gasteiger partial charge in [-0.3, -0.25) is 4.79 Å². The maximum Gasteiger partial charge on any atom is 0.279 e. The Morgan fingerprint density at radius 3 is 2.65 bits per heavy atom. The summed E-state index contributed by atoms with van der Waals surface area (Å²) in [5.74, 6) is 0.369. The molecule has 0 bridgehead atoms. The van der Waals surface area contributed by atoms with E-state index in [4.69, 9.17) is 14.7 Å². The third kappa shape index (κ3) is 3.52. The molecule has 26 heavy (non-hydrogen) atoms. The summed E-state index contributed by atoms with van der Waals surface area (Å²) >= 11 is 1.42. The summed E-state index contributed by atoms with van der Waals surface area (Å²) in [6, 6.07) is 14.2. The van der Waals surface area contributed by atoms with Crippen LogP contribution in [0, 0.1) is 11.3 Å². The van der Waals surface area contributed by atoms with E-state index in [1.807, 2.05) is 28.8 Å². The first kappa shape index (κ1) is 17.9. The Kier molecular flexibility index (Phi) is 5.46. The fourth-order valence-corrected chi connectivity index (χ4v) is 3.65. The van der Waals surface area contributed by atoms with E-state index in [-0.39, 0.29) is 5.91 Å². The summed E-state index contributed by atoms with van der Waals surface area (Å²) in [4.78, 5) is 17.4. The first-order chi connectivity index (χ1) is 12.7. The highest BCUT2D eigenvalue weighted by atomic mass is 32.1. The van der Waals surface area contributed by atoms with Crippen LogP contribution in [-0.4, -0.2) is 31.3 Å². The smallest absolute Gasteiger partial charge is 0.279 e. The van der Waals surface area contributed by atoms with Crippen molar-refractivity contribution >= 4 is 27.5 Å². The molecule has 0 saturated heterocycles. The van der Waals surface area contributed by atoms with E-state index in [1.165, 1.54) is 11.3 Å². The summed E-state index contributed by atoms with van der Waals surface area (Å²) in [6.45, 7) is 1.04. The van der Waals surface area contributed by atoms with Gasteiger partial charge in [-0.25, -0.2) is 0 Å². The van der Waals surface area contributed by atoms with Crippen LogP contribution in [0.1, 0.15) is 15.9 Å². The molecule has 3 aromatic rings. The van der Waals surface area contributed by atoms with Crippen LogP contribution >= 0.6 is 11.3 Å². The van der Waals surface area contributed by atoms with Crippen LogP contribution in [0.2, 0.25) is 0 Å². The SMILES string of the molecule is COCCn1c(=NC(=O)c2ccc(C#N)cc2)sc2cccc(OC)c21. The average molecular weight is 367 g/mol. The number of nitriles is 1. The largest absolute Gasteiger partial charge is 0.495 e. The van der Waals surface area contributed by atoms with E-state index < -0.39 is 0 Å². The predicted octanol–water partition coefficient (Wildman–Crippen LogP) is 2.97. The van der Waals surface area contributed by atoms with E-state index in [2.05, 4.69) is 4.99 Å². The lowest BCUT2D eigenvalue weighted by molar-refractivity contribution is 0.0997. The number of fused-ring (bicyclic) bond motifs is 1. The number of thiazole rings is 1. The van der Waals surface area contributed by atoms with Crippen LogP contribution in [0.25, 0.3) is 10.2 Å². The van der Waals surface area contributed by atoms with Crippen LogP contribution in [-0.2, 0) is 11.3 Å². The molecule has 1 heterocycles. The van der Waals surface area contributed by atoms with Crippen LogP contribution in [0.15, 0.2) is 47.5 Å². The lowest BCUT2D eigenvalue weighted by atomic mass is 10.1. The van der Waals surface area contributed by atoms with Gasteiger partial charge in [0.2, 0.25) is 0 Å². The topological polar surface area (TPSA) is 76.6 Å². The lowest BCUT2D eigenvalue weighted by Gasteiger charge is -2.07. The third-order valence-electron chi connectivity index (χ3n) is 3.86. The zero-order valence-corrected chi connectivity index (χ0v) is 15.2. The van der Waals surface area contributed by atoms with Gasteiger partial charge in [0.25, 0.3) is 5.91 Å². The van der Waals surface area contributed by atoms with E-state index in [1.54, 1.807) is 38.5 Å². The molecule has 0 fully saturated rings. The quantitative estimate of drug-likeness (QED) is 0.695. The van der Waals surface area contributed by atoms with Crippen molar-refractivity contribution in [2.45, 2.75) is 6.54 Å². The maximum atomic E-state index is 12.6. The van der Waals surface area contributed by atoms with Crippen LogP contribution in [0.3, 0.4) is 0 Å². The Bertz CT molecular complexity index is 1040. The van der Waals surface area contributed by atoms with Crippen molar-refractivity contribution in [3.63, 3.8) is 0 Å². The van der Waals surface area contributed by atoms with Crippen molar-refractivity contribution in [2.75, 3.05) is 20.8 Å². The minimum Gasteiger partial charge on any atom is -0.495 e. The molecule has 0 N–H and O–H groups in total. The minimum atomic E-state index is -0.355. The number of methoxy groups -OCH3 is 2. The molecule has 7 heteroatoms. The normalized spacial score (nSPS) is 11.5. The molecule has 0 spiro atoms. The summed E-state index contributed by atoms with van der Waals surface area (Å²) in [7, 11) is 3.25. The Morgan fingerprint density at radius 1 is 1.23 bits per heavy atom. The van der Waals surface area contributed by atoms with Crippen molar-refractivity contribution in [2.24, 2.45) is 4.99 Å². The summed E-state index contributed by atoms with van der Waals surface area (Å²) < 4.78 is 13.6. The fraction of sp³-hybridized carbons (Fsp3) is 0.211. The van der Waals surface area contributed by atoms with Crippen molar-refractivity contribution in [1.29, 1.82) is 5.26 Å². The Balaban J connectivity index is 2.11. The summed E-state index contributed by atoms with van der Waals surface area (Å²) in [5, 5.41) is 8.87. The van der Waals surface area contributed by atoms with Gasteiger partial charge >= 0.3 is 0 Å². The van der Waals surface area contributed by atoms with Crippen molar-refractivity contribution < 1.29 is 14.3 Å². The molecule has 2 aromatic carbocycles. The number of ether oxygens (including phenoxy) is 2. The number of carbonyl (C=O) groups excluding carboxylic acids is 1. The zero-order valence-electron chi connectivity index (χ0n) is 14.4. The number of benzene rings is 2. The molecule has 0 radical (unpaired) electrons.